The van der Waals surface area contributed by atoms with Gasteiger partial charge in [0.05, 0.1) is 20.8 Å². The Hall–Kier alpha value is -2.01. The normalized spacial score (nSPS) is 12.2. The predicted molar refractivity (Wildman–Crippen MR) is 78.1 cm³/mol. The molecule has 1 aromatic carbocycles. The fraction of sp³-hybridized carbons (Fsp3) is 0.400. The lowest BCUT2D eigenvalue weighted by molar-refractivity contribution is 0.386. The van der Waals surface area contributed by atoms with Gasteiger partial charge in [-0.1, -0.05) is 6.07 Å². The zero-order valence-corrected chi connectivity index (χ0v) is 12.2. The lowest BCUT2D eigenvalue weighted by Crippen LogP contribution is -2.30. The molecule has 0 radical (unpaired) electrons. The molecule has 1 heterocycles. The molecule has 2 aromatic rings. The van der Waals surface area contributed by atoms with Crippen molar-refractivity contribution in [1.82, 2.24) is 15.1 Å². The van der Waals surface area contributed by atoms with Crippen LogP contribution in [-0.2, 0) is 13.1 Å². The highest BCUT2D eigenvalue weighted by molar-refractivity contribution is 5.40. The number of rotatable bonds is 7. The van der Waals surface area contributed by atoms with E-state index in [-0.39, 0.29) is 0 Å². The molecule has 20 heavy (non-hydrogen) atoms. The third-order valence-electron chi connectivity index (χ3n) is 3.16. The fourth-order valence-corrected chi connectivity index (χ4v) is 2.04. The quantitative estimate of drug-likeness (QED) is 0.840. The van der Waals surface area contributed by atoms with Gasteiger partial charge in [0.25, 0.3) is 0 Å². The Bertz CT molecular complexity index is 526. The Kier molecular flexibility index (Phi) is 5.01. The summed E-state index contributed by atoms with van der Waals surface area (Å²) in [5.74, 6) is 1.64. The van der Waals surface area contributed by atoms with Crippen molar-refractivity contribution < 1.29 is 9.47 Å². The van der Waals surface area contributed by atoms with E-state index < -0.39 is 0 Å². The van der Waals surface area contributed by atoms with Crippen molar-refractivity contribution >= 4 is 0 Å². The Morgan fingerprint density at radius 2 is 2.15 bits per heavy atom. The monoisotopic (exact) mass is 275 g/mol. The van der Waals surface area contributed by atoms with Crippen molar-refractivity contribution in [2.75, 3.05) is 14.2 Å². The van der Waals surface area contributed by atoms with Gasteiger partial charge in [-0.05, 0) is 19.1 Å². The predicted octanol–water partition coefficient (Wildman–Crippen LogP) is 2.08. The Labute approximate surface area is 119 Å². The van der Waals surface area contributed by atoms with Crippen LogP contribution in [0.3, 0.4) is 0 Å². The maximum Gasteiger partial charge on any atom is 0.127 e. The molecular weight excluding hydrogens is 254 g/mol. The van der Waals surface area contributed by atoms with Gasteiger partial charge in [0, 0.05) is 36.6 Å². The first kappa shape index (κ1) is 14.4. The summed E-state index contributed by atoms with van der Waals surface area (Å²) in [6, 6.07) is 8.11. The zero-order chi connectivity index (χ0) is 14.4. The summed E-state index contributed by atoms with van der Waals surface area (Å²) in [5.41, 5.74) is 1.11. The molecule has 1 atom stereocenters. The van der Waals surface area contributed by atoms with Crippen LogP contribution in [0.15, 0.2) is 36.7 Å². The van der Waals surface area contributed by atoms with E-state index in [1.54, 1.807) is 20.4 Å². The second-order valence-corrected chi connectivity index (χ2v) is 4.69. The van der Waals surface area contributed by atoms with Crippen LogP contribution in [-0.4, -0.2) is 30.0 Å². The number of nitrogens with zero attached hydrogens (tertiary/aromatic N) is 2. The fourth-order valence-electron chi connectivity index (χ4n) is 2.04. The highest BCUT2D eigenvalue weighted by atomic mass is 16.5. The molecule has 0 fully saturated rings. The van der Waals surface area contributed by atoms with Crippen LogP contribution in [0.4, 0.5) is 0 Å². The summed E-state index contributed by atoms with van der Waals surface area (Å²) in [5, 5.41) is 7.67. The third kappa shape index (κ3) is 3.74. The van der Waals surface area contributed by atoms with Gasteiger partial charge in [-0.15, -0.1) is 0 Å². The Morgan fingerprint density at radius 3 is 2.80 bits per heavy atom. The van der Waals surface area contributed by atoms with Gasteiger partial charge in [-0.2, -0.15) is 5.10 Å². The first-order chi connectivity index (χ1) is 9.72. The number of benzene rings is 1. The Morgan fingerprint density at radius 1 is 1.30 bits per heavy atom. The van der Waals surface area contributed by atoms with Gasteiger partial charge in [0.2, 0.25) is 0 Å². The maximum absolute atomic E-state index is 5.39. The lowest BCUT2D eigenvalue weighted by atomic mass is 10.1. The minimum Gasteiger partial charge on any atom is -0.497 e. The molecule has 0 unspecified atom stereocenters. The molecule has 0 saturated heterocycles. The number of aromatic nitrogens is 2. The summed E-state index contributed by atoms with van der Waals surface area (Å²) in [4.78, 5) is 0. The van der Waals surface area contributed by atoms with Gasteiger partial charge in [0.15, 0.2) is 0 Å². The summed E-state index contributed by atoms with van der Waals surface area (Å²) in [7, 11) is 3.32. The number of nitrogens with one attached hydrogen (secondary N) is 1. The molecule has 2 rings (SSSR count). The topological polar surface area (TPSA) is 48.3 Å². The smallest absolute Gasteiger partial charge is 0.127 e. The second-order valence-electron chi connectivity index (χ2n) is 4.69. The minimum atomic E-state index is 0.321. The SMILES string of the molecule is COc1ccc(CN[C@@H](C)Cn2cccn2)c(OC)c1. The van der Waals surface area contributed by atoms with Gasteiger partial charge >= 0.3 is 0 Å². The molecular formula is C15H21N3O2. The molecule has 108 valence electrons. The molecule has 5 heteroatoms. The average Bonchev–Trinajstić information content (AvgIpc) is 2.97. The van der Waals surface area contributed by atoms with Crippen molar-refractivity contribution in [3.8, 4) is 11.5 Å². The number of hydrogen-bond acceptors (Lipinski definition) is 4. The molecule has 0 amide bonds. The summed E-state index contributed by atoms with van der Waals surface area (Å²) in [6.07, 6.45) is 3.76. The maximum atomic E-state index is 5.39. The third-order valence-corrected chi connectivity index (χ3v) is 3.16. The van der Waals surface area contributed by atoms with E-state index in [1.165, 1.54) is 0 Å². The number of hydrogen-bond donors (Lipinski definition) is 1. The van der Waals surface area contributed by atoms with E-state index in [4.69, 9.17) is 9.47 Å². The molecule has 1 aromatic heterocycles. The molecule has 0 bridgehead atoms. The van der Waals surface area contributed by atoms with Crippen LogP contribution in [0.1, 0.15) is 12.5 Å². The number of ether oxygens (including phenoxy) is 2. The van der Waals surface area contributed by atoms with Gasteiger partial charge in [0.1, 0.15) is 11.5 Å². The van der Waals surface area contributed by atoms with Gasteiger partial charge in [-0.3, -0.25) is 4.68 Å². The molecule has 0 aliphatic carbocycles. The summed E-state index contributed by atoms with van der Waals surface area (Å²) in [6.45, 7) is 3.72. The van der Waals surface area contributed by atoms with Crippen LogP contribution in [0.25, 0.3) is 0 Å². The van der Waals surface area contributed by atoms with Crippen LogP contribution >= 0.6 is 0 Å². The van der Waals surface area contributed by atoms with Crippen molar-refractivity contribution in [1.29, 1.82) is 0 Å². The molecule has 0 aliphatic heterocycles. The van der Waals surface area contributed by atoms with Crippen molar-refractivity contribution in [2.45, 2.75) is 26.1 Å². The second kappa shape index (κ2) is 6.96. The largest absolute Gasteiger partial charge is 0.497 e. The van der Waals surface area contributed by atoms with E-state index in [0.29, 0.717) is 6.04 Å². The standard InChI is InChI=1S/C15H21N3O2/c1-12(11-18-8-4-7-17-18)16-10-13-5-6-14(19-2)9-15(13)20-3/h4-9,12,16H,10-11H2,1-3H3/t12-/m0/s1. The van der Waals surface area contributed by atoms with Gasteiger partial charge < -0.3 is 14.8 Å². The summed E-state index contributed by atoms with van der Waals surface area (Å²) < 4.78 is 12.5. The first-order valence-corrected chi connectivity index (χ1v) is 6.64. The lowest BCUT2D eigenvalue weighted by Gasteiger charge is -2.16. The molecule has 1 N–H and O–H groups in total. The molecule has 0 spiro atoms. The average molecular weight is 275 g/mol. The Balaban J connectivity index is 1.93. The zero-order valence-electron chi connectivity index (χ0n) is 12.2. The minimum absolute atomic E-state index is 0.321. The van der Waals surface area contributed by atoms with Gasteiger partial charge in [-0.25, -0.2) is 0 Å². The molecule has 5 nitrogen and oxygen atoms in total. The van der Waals surface area contributed by atoms with Crippen molar-refractivity contribution in [3.05, 3.63) is 42.2 Å². The highest BCUT2D eigenvalue weighted by Crippen LogP contribution is 2.24. The van der Waals surface area contributed by atoms with E-state index in [2.05, 4.69) is 17.3 Å². The number of methoxy groups -OCH3 is 2. The van der Waals surface area contributed by atoms with Crippen LogP contribution < -0.4 is 14.8 Å². The van der Waals surface area contributed by atoms with E-state index in [9.17, 15) is 0 Å². The van der Waals surface area contributed by atoms with Crippen molar-refractivity contribution in [3.63, 3.8) is 0 Å². The first-order valence-electron chi connectivity index (χ1n) is 6.64. The van der Waals surface area contributed by atoms with E-state index in [1.807, 2.05) is 35.1 Å². The van der Waals surface area contributed by atoms with Crippen LogP contribution in [0, 0.1) is 0 Å². The highest BCUT2D eigenvalue weighted by Gasteiger charge is 2.07. The van der Waals surface area contributed by atoms with E-state index >= 15 is 0 Å². The molecule has 0 aliphatic rings. The van der Waals surface area contributed by atoms with E-state index in [0.717, 1.165) is 30.2 Å². The van der Waals surface area contributed by atoms with Crippen LogP contribution in [0.2, 0.25) is 0 Å². The summed E-state index contributed by atoms with van der Waals surface area (Å²) >= 11 is 0. The van der Waals surface area contributed by atoms with Crippen molar-refractivity contribution in [2.24, 2.45) is 0 Å². The van der Waals surface area contributed by atoms with Crippen LogP contribution in [0.5, 0.6) is 11.5 Å². The molecule has 0 saturated carbocycles.